The molecule has 0 aromatic heterocycles. The summed E-state index contributed by atoms with van der Waals surface area (Å²) < 4.78 is 4.97. The molecule has 0 aliphatic carbocycles. The average molecular weight is 252 g/mol. The summed E-state index contributed by atoms with van der Waals surface area (Å²) in [5.74, 6) is 0.621. The highest BCUT2D eigenvalue weighted by atomic mass is 16.6. The molecule has 0 aliphatic rings. The number of hydrogen-bond donors (Lipinski definition) is 1. The topological polar surface area (TPSA) is 78.4 Å². The van der Waals surface area contributed by atoms with E-state index in [4.69, 9.17) is 10.5 Å². The van der Waals surface area contributed by atoms with Gasteiger partial charge in [0.25, 0.3) is 0 Å². The van der Waals surface area contributed by atoms with E-state index in [0.717, 1.165) is 18.4 Å². The van der Waals surface area contributed by atoms with Crippen molar-refractivity contribution in [2.24, 2.45) is 11.7 Å². The van der Waals surface area contributed by atoms with Crippen LogP contribution >= 0.6 is 0 Å². The van der Waals surface area contributed by atoms with E-state index >= 15 is 0 Å². The van der Waals surface area contributed by atoms with Crippen LogP contribution in [0.5, 0.6) is 5.75 Å². The van der Waals surface area contributed by atoms with Crippen LogP contribution < -0.4 is 10.5 Å². The van der Waals surface area contributed by atoms with Crippen LogP contribution in [0.2, 0.25) is 0 Å². The first-order chi connectivity index (χ1) is 8.49. The Morgan fingerprint density at radius 2 is 2.17 bits per heavy atom. The van der Waals surface area contributed by atoms with Gasteiger partial charge in [-0.25, -0.2) is 0 Å². The summed E-state index contributed by atoms with van der Waals surface area (Å²) in [6, 6.07) is 5.15. The van der Waals surface area contributed by atoms with Crippen molar-refractivity contribution >= 4 is 5.69 Å². The van der Waals surface area contributed by atoms with Gasteiger partial charge in [-0.15, -0.1) is 0 Å². The van der Waals surface area contributed by atoms with Crippen molar-refractivity contribution in [1.29, 1.82) is 0 Å². The lowest BCUT2D eigenvalue weighted by atomic mass is 9.91. The molecule has 0 bridgehead atoms. The molecule has 2 unspecified atom stereocenters. The fraction of sp³-hybridized carbons (Fsp3) is 0.538. The zero-order chi connectivity index (χ0) is 13.7. The summed E-state index contributed by atoms with van der Waals surface area (Å²) in [5, 5.41) is 10.9. The molecule has 18 heavy (non-hydrogen) atoms. The maximum atomic E-state index is 10.9. The zero-order valence-electron chi connectivity index (χ0n) is 11.1. The number of rotatable bonds is 6. The molecule has 0 spiro atoms. The normalized spacial score (nSPS) is 14.0. The van der Waals surface area contributed by atoms with Crippen molar-refractivity contribution in [2.45, 2.75) is 32.7 Å². The molecule has 0 heterocycles. The van der Waals surface area contributed by atoms with Gasteiger partial charge in [0.1, 0.15) is 0 Å². The van der Waals surface area contributed by atoms with Gasteiger partial charge in [-0.05, 0) is 30.9 Å². The maximum absolute atomic E-state index is 10.9. The largest absolute Gasteiger partial charge is 0.490 e. The Morgan fingerprint density at radius 3 is 2.61 bits per heavy atom. The average Bonchev–Trinajstić information content (AvgIpc) is 2.35. The first-order valence-corrected chi connectivity index (χ1v) is 6.06. The highest BCUT2D eigenvalue weighted by Gasteiger charge is 2.18. The molecule has 1 aromatic rings. The predicted octanol–water partition coefficient (Wildman–Crippen LogP) is 2.52. The Bertz CT molecular complexity index is 419. The molecule has 100 valence electrons. The van der Waals surface area contributed by atoms with E-state index in [1.54, 1.807) is 12.1 Å². The number of nitrogens with zero attached hydrogens (tertiary/aromatic N) is 1. The first kappa shape index (κ1) is 14.4. The Hall–Kier alpha value is -1.62. The molecular weight excluding hydrogens is 232 g/mol. The summed E-state index contributed by atoms with van der Waals surface area (Å²) in [4.78, 5) is 10.5. The number of hydrogen-bond acceptors (Lipinski definition) is 4. The summed E-state index contributed by atoms with van der Waals surface area (Å²) in [6.07, 6.45) is 1.70. The van der Waals surface area contributed by atoms with Crippen molar-refractivity contribution in [2.75, 3.05) is 7.11 Å². The van der Waals surface area contributed by atoms with E-state index in [1.165, 1.54) is 7.11 Å². The first-order valence-electron chi connectivity index (χ1n) is 6.06. The summed E-state index contributed by atoms with van der Waals surface area (Å²) in [5.41, 5.74) is 6.82. The van der Waals surface area contributed by atoms with Gasteiger partial charge in [0.05, 0.1) is 12.0 Å². The summed E-state index contributed by atoms with van der Waals surface area (Å²) >= 11 is 0. The Kier molecular flexibility index (Phi) is 5.09. The minimum absolute atomic E-state index is 0.00882. The highest BCUT2D eigenvalue weighted by Crippen LogP contribution is 2.29. The Labute approximate surface area is 107 Å². The van der Waals surface area contributed by atoms with Gasteiger partial charge in [-0.3, -0.25) is 10.1 Å². The monoisotopic (exact) mass is 252 g/mol. The predicted molar refractivity (Wildman–Crippen MR) is 70.8 cm³/mol. The molecule has 0 saturated heterocycles. The van der Waals surface area contributed by atoms with E-state index in [9.17, 15) is 10.1 Å². The molecule has 0 fully saturated rings. The number of methoxy groups -OCH3 is 1. The number of nitro benzene ring substituents is 1. The smallest absolute Gasteiger partial charge is 0.311 e. The molecule has 0 radical (unpaired) electrons. The molecule has 2 atom stereocenters. The SMILES string of the molecule is CCC(Cc1ccc(OC)c([N+](=O)[O-])c1)C(C)N. The number of nitro groups is 1. The molecule has 5 nitrogen and oxygen atoms in total. The van der Waals surface area contributed by atoms with Crippen LogP contribution in [-0.4, -0.2) is 18.1 Å². The molecule has 0 saturated carbocycles. The molecule has 0 amide bonds. The molecular formula is C13H20N2O3. The van der Waals surface area contributed by atoms with Crippen molar-refractivity contribution in [3.05, 3.63) is 33.9 Å². The lowest BCUT2D eigenvalue weighted by Crippen LogP contribution is -2.27. The minimum atomic E-state index is -0.421. The zero-order valence-corrected chi connectivity index (χ0v) is 11.1. The fourth-order valence-corrected chi connectivity index (χ4v) is 2.01. The second kappa shape index (κ2) is 6.35. The fourth-order valence-electron chi connectivity index (χ4n) is 2.01. The van der Waals surface area contributed by atoms with Gasteiger partial charge >= 0.3 is 5.69 Å². The van der Waals surface area contributed by atoms with Gasteiger partial charge in [0.2, 0.25) is 0 Å². The molecule has 2 N–H and O–H groups in total. The number of benzene rings is 1. The van der Waals surface area contributed by atoms with E-state index in [-0.39, 0.29) is 17.5 Å². The maximum Gasteiger partial charge on any atom is 0.311 e. The summed E-state index contributed by atoms with van der Waals surface area (Å²) in [7, 11) is 1.43. The highest BCUT2D eigenvalue weighted by molar-refractivity contribution is 5.48. The van der Waals surface area contributed by atoms with Crippen molar-refractivity contribution in [1.82, 2.24) is 0 Å². The van der Waals surface area contributed by atoms with Crippen LogP contribution in [0.15, 0.2) is 18.2 Å². The van der Waals surface area contributed by atoms with Crippen LogP contribution in [0.3, 0.4) is 0 Å². The van der Waals surface area contributed by atoms with Gasteiger partial charge in [-0.2, -0.15) is 0 Å². The molecule has 0 aliphatic heterocycles. The second-order valence-corrected chi connectivity index (χ2v) is 4.49. The third-order valence-corrected chi connectivity index (χ3v) is 3.21. The van der Waals surface area contributed by atoms with Crippen LogP contribution in [0.25, 0.3) is 0 Å². The van der Waals surface area contributed by atoms with Crippen molar-refractivity contribution in [3.63, 3.8) is 0 Å². The Balaban J connectivity index is 2.97. The standard InChI is InChI=1S/C13H20N2O3/c1-4-11(9(2)14)7-10-5-6-13(18-3)12(8-10)15(16)17/h5-6,8-9,11H,4,7,14H2,1-3H3. The lowest BCUT2D eigenvalue weighted by molar-refractivity contribution is -0.385. The van der Waals surface area contributed by atoms with E-state index in [0.29, 0.717) is 5.92 Å². The van der Waals surface area contributed by atoms with Crippen LogP contribution in [0.1, 0.15) is 25.8 Å². The van der Waals surface area contributed by atoms with Gasteiger partial charge < -0.3 is 10.5 Å². The molecule has 1 aromatic carbocycles. The van der Waals surface area contributed by atoms with Crippen molar-refractivity contribution < 1.29 is 9.66 Å². The van der Waals surface area contributed by atoms with Crippen LogP contribution in [0, 0.1) is 16.0 Å². The van der Waals surface area contributed by atoms with E-state index in [1.807, 2.05) is 13.0 Å². The number of ether oxygens (including phenoxy) is 1. The third kappa shape index (κ3) is 3.43. The summed E-state index contributed by atoms with van der Waals surface area (Å²) in [6.45, 7) is 4.04. The van der Waals surface area contributed by atoms with Gasteiger partial charge in [0, 0.05) is 12.1 Å². The molecule has 5 heteroatoms. The van der Waals surface area contributed by atoms with E-state index < -0.39 is 4.92 Å². The second-order valence-electron chi connectivity index (χ2n) is 4.49. The van der Waals surface area contributed by atoms with E-state index in [2.05, 4.69) is 6.92 Å². The van der Waals surface area contributed by atoms with Crippen LogP contribution in [0.4, 0.5) is 5.69 Å². The minimum Gasteiger partial charge on any atom is -0.490 e. The van der Waals surface area contributed by atoms with Gasteiger partial charge in [0.15, 0.2) is 5.75 Å². The molecule has 1 rings (SSSR count). The van der Waals surface area contributed by atoms with Gasteiger partial charge in [-0.1, -0.05) is 19.4 Å². The quantitative estimate of drug-likeness (QED) is 0.623. The lowest BCUT2D eigenvalue weighted by Gasteiger charge is -2.18. The van der Waals surface area contributed by atoms with Crippen molar-refractivity contribution in [3.8, 4) is 5.75 Å². The third-order valence-electron chi connectivity index (χ3n) is 3.21. The van der Waals surface area contributed by atoms with Crippen LogP contribution in [-0.2, 0) is 6.42 Å². The number of nitrogens with two attached hydrogens (primary N) is 1. The Morgan fingerprint density at radius 1 is 1.50 bits per heavy atom.